The van der Waals surface area contributed by atoms with Crippen molar-refractivity contribution >= 4 is 16.9 Å². The number of methoxy groups -OCH3 is 1. The number of aryl methyl sites for hydroxylation is 2. The van der Waals surface area contributed by atoms with Crippen molar-refractivity contribution in [1.82, 2.24) is 9.55 Å². The first kappa shape index (κ1) is 18.5. The van der Waals surface area contributed by atoms with Gasteiger partial charge in [-0.05, 0) is 41.8 Å². The summed E-state index contributed by atoms with van der Waals surface area (Å²) in [6.07, 6.45) is 2.70. The molecule has 3 aromatic rings. The summed E-state index contributed by atoms with van der Waals surface area (Å²) in [4.78, 5) is 26.7. The van der Waals surface area contributed by atoms with Crippen LogP contribution in [0.15, 0.2) is 41.3 Å². The average Bonchev–Trinajstić information content (AvgIpc) is 3.03. The third-order valence-corrected chi connectivity index (χ3v) is 4.08. The number of hydrogen-bond acceptors (Lipinski definition) is 3. The number of pyridine rings is 1. The van der Waals surface area contributed by atoms with Gasteiger partial charge in [-0.1, -0.05) is 26.8 Å². The highest BCUT2D eigenvalue weighted by Gasteiger charge is 2.15. The molecule has 0 bridgehead atoms. The number of carbonyl (C=O) groups excluding carboxylic acids is 1. The molecule has 25 heavy (non-hydrogen) atoms. The molecule has 3 rings (SSSR count). The molecule has 1 aromatic carbocycles. The number of esters is 1. The Morgan fingerprint density at radius 2 is 1.92 bits per heavy atom. The number of H-pyrrole nitrogens is 1. The number of nitrogens with zero attached hydrogens (tertiary/aromatic N) is 1. The fourth-order valence-corrected chi connectivity index (χ4v) is 2.81. The van der Waals surface area contributed by atoms with Crippen molar-refractivity contribution in [2.24, 2.45) is 7.05 Å². The Labute approximate surface area is 147 Å². The van der Waals surface area contributed by atoms with Gasteiger partial charge >= 0.3 is 5.97 Å². The molecule has 2 aromatic heterocycles. The third kappa shape index (κ3) is 3.50. The molecule has 0 aliphatic heterocycles. The van der Waals surface area contributed by atoms with Gasteiger partial charge in [0.05, 0.1) is 12.8 Å². The van der Waals surface area contributed by atoms with Crippen molar-refractivity contribution in [3.05, 3.63) is 58.0 Å². The van der Waals surface area contributed by atoms with Gasteiger partial charge in [-0.3, -0.25) is 4.79 Å². The maximum absolute atomic E-state index is 12.2. The van der Waals surface area contributed by atoms with Crippen molar-refractivity contribution in [2.75, 3.05) is 7.11 Å². The number of benzene rings is 1. The predicted molar refractivity (Wildman–Crippen MR) is 101 cm³/mol. The van der Waals surface area contributed by atoms with Crippen LogP contribution >= 0.6 is 0 Å². The van der Waals surface area contributed by atoms with Gasteiger partial charge in [0, 0.05) is 24.1 Å². The first-order valence-corrected chi connectivity index (χ1v) is 8.45. The maximum Gasteiger partial charge on any atom is 0.343 e. The third-order valence-electron chi connectivity index (χ3n) is 4.08. The van der Waals surface area contributed by atoms with Gasteiger partial charge in [0.2, 0.25) is 0 Å². The summed E-state index contributed by atoms with van der Waals surface area (Å²) in [6, 6.07) is 9.69. The number of ether oxygens (including phenoxy) is 1. The van der Waals surface area contributed by atoms with Gasteiger partial charge in [-0.2, -0.15) is 0 Å². The van der Waals surface area contributed by atoms with E-state index in [-0.39, 0.29) is 5.56 Å². The monoisotopic (exact) mass is 340 g/mol. The number of hydrogen-bond donors (Lipinski definition) is 1. The quantitative estimate of drug-likeness (QED) is 0.735. The van der Waals surface area contributed by atoms with Crippen molar-refractivity contribution < 1.29 is 9.53 Å². The molecular weight excluding hydrogens is 316 g/mol. The second kappa shape index (κ2) is 7.83. The highest BCUT2D eigenvalue weighted by Crippen LogP contribution is 2.26. The van der Waals surface area contributed by atoms with Crippen LogP contribution in [0.4, 0.5) is 0 Å². The summed E-state index contributed by atoms with van der Waals surface area (Å²) < 4.78 is 6.71. The SMILES string of the molecule is CC.CCc1cc(C(=O)OC)c(=O)[nH]c1-c1ccc2c(ccn2C)c1. The lowest BCUT2D eigenvalue weighted by Gasteiger charge is -2.10. The van der Waals surface area contributed by atoms with Gasteiger partial charge in [-0.15, -0.1) is 0 Å². The van der Waals surface area contributed by atoms with Crippen LogP contribution in [0.2, 0.25) is 0 Å². The highest BCUT2D eigenvalue weighted by molar-refractivity contribution is 5.90. The van der Waals surface area contributed by atoms with E-state index in [0.717, 1.165) is 27.7 Å². The highest BCUT2D eigenvalue weighted by atomic mass is 16.5. The van der Waals surface area contributed by atoms with E-state index in [0.29, 0.717) is 6.42 Å². The van der Waals surface area contributed by atoms with Crippen molar-refractivity contribution in [3.63, 3.8) is 0 Å². The zero-order valence-corrected chi connectivity index (χ0v) is 15.3. The smallest absolute Gasteiger partial charge is 0.343 e. The molecule has 0 unspecified atom stereocenters. The van der Waals surface area contributed by atoms with Gasteiger partial charge in [-0.25, -0.2) is 4.79 Å². The predicted octanol–water partition coefficient (Wildman–Crippen LogP) is 3.91. The molecular formula is C20H24N2O3. The van der Waals surface area contributed by atoms with Crippen molar-refractivity contribution in [1.29, 1.82) is 0 Å². The Kier molecular flexibility index (Phi) is 5.80. The number of fused-ring (bicyclic) bond motifs is 1. The average molecular weight is 340 g/mol. The van der Waals surface area contributed by atoms with E-state index >= 15 is 0 Å². The second-order valence-corrected chi connectivity index (χ2v) is 5.46. The van der Waals surface area contributed by atoms with Gasteiger partial charge in [0.15, 0.2) is 0 Å². The second-order valence-electron chi connectivity index (χ2n) is 5.46. The number of aromatic nitrogens is 2. The van der Waals surface area contributed by atoms with Crippen LogP contribution in [0.25, 0.3) is 22.2 Å². The molecule has 0 spiro atoms. The normalized spacial score (nSPS) is 10.3. The van der Waals surface area contributed by atoms with Crippen LogP contribution in [0.1, 0.15) is 36.7 Å². The summed E-state index contributed by atoms with van der Waals surface area (Å²) in [5.41, 5.74) is 3.30. The molecule has 0 aliphatic rings. The van der Waals surface area contributed by atoms with Gasteiger partial charge in [0.1, 0.15) is 5.56 Å². The molecule has 0 saturated heterocycles. The van der Waals surface area contributed by atoms with E-state index in [9.17, 15) is 9.59 Å². The standard InChI is InChI=1S/C18H18N2O3.C2H6/c1-4-11-10-14(18(22)23-3)17(21)19-16(11)13-5-6-15-12(9-13)7-8-20(15)2;1-2/h5-10H,4H2,1-3H3,(H,19,21);1-2H3. The van der Waals surface area contributed by atoms with Crippen LogP contribution in [0.3, 0.4) is 0 Å². The minimum Gasteiger partial charge on any atom is -0.465 e. The fourth-order valence-electron chi connectivity index (χ4n) is 2.81. The van der Waals surface area contributed by atoms with E-state index < -0.39 is 11.5 Å². The van der Waals surface area contributed by atoms with Gasteiger partial charge < -0.3 is 14.3 Å². The van der Waals surface area contributed by atoms with E-state index in [1.54, 1.807) is 6.07 Å². The molecule has 0 amide bonds. The summed E-state index contributed by atoms with van der Waals surface area (Å²) in [5.74, 6) is -0.619. The summed E-state index contributed by atoms with van der Waals surface area (Å²) in [6.45, 7) is 5.99. The Balaban J connectivity index is 0.00000109. The number of aromatic amines is 1. The molecule has 0 saturated carbocycles. The molecule has 5 nitrogen and oxygen atoms in total. The van der Waals surface area contributed by atoms with Crippen LogP contribution in [0.5, 0.6) is 0 Å². The lowest BCUT2D eigenvalue weighted by Crippen LogP contribution is -2.20. The van der Waals surface area contributed by atoms with Crippen molar-refractivity contribution in [2.45, 2.75) is 27.2 Å². The molecule has 0 radical (unpaired) electrons. The van der Waals surface area contributed by atoms with Crippen LogP contribution in [-0.2, 0) is 18.2 Å². The van der Waals surface area contributed by atoms with Crippen LogP contribution in [0, 0.1) is 0 Å². The molecule has 0 fully saturated rings. The molecule has 2 heterocycles. The van der Waals surface area contributed by atoms with E-state index in [1.807, 2.05) is 62.8 Å². The number of carbonyl (C=O) groups is 1. The molecule has 132 valence electrons. The lowest BCUT2D eigenvalue weighted by atomic mass is 10.0. The molecule has 0 aliphatic carbocycles. The Bertz CT molecular complexity index is 951. The summed E-state index contributed by atoms with van der Waals surface area (Å²) in [7, 11) is 3.26. The first-order chi connectivity index (χ1) is 12.0. The minimum absolute atomic E-state index is 0.0360. The van der Waals surface area contributed by atoms with Crippen LogP contribution < -0.4 is 5.56 Å². The zero-order chi connectivity index (χ0) is 18.6. The Morgan fingerprint density at radius 1 is 1.20 bits per heavy atom. The first-order valence-electron chi connectivity index (χ1n) is 8.45. The number of nitrogens with one attached hydrogen (secondary N) is 1. The van der Waals surface area contributed by atoms with Gasteiger partial charge in [0.25, 0.3) is 5.56 Å². The lowest BCUT2D eigenvalue weighted by molar-refractivity contribution is 0.0598. The molecule has 1 N–H and O–H groups in total. The molecule has 5 heteroatoms. The fraction of sp³-hybridized carbons (Fsp3) is 0.300. The Hall–Kier alpha value is -2.82. The van der Waals surface area contributed by atoms with E-state index in [1.165, 1.54) is 7.11 Å². The van der Waals surface area contributed by atoms with Crippen molar-refractivity contribution in [3.8, 4) is 11.3 Å². The summed E-state index contributed by atoms with van der Waals surface area (Å²) in [5, 5.41) is 1.10. The number of rotatable bonds is 3. The zero-order valence-electron chi connectivity index (χ0n) is 15.3. The maximum atomic E-state index is 12.2. The Morgan fingerprint density at radius 3 is 2.56 bits per heavy atom. The van der Waals surface area contributed by atoms with E-state index in [2.05, 4.69) is 9.72 Å². The molecule has 0 atom stereocenters. The largest absolute Gasteiger partial charge is 0.465 e. The minimum atomic E-state index is -0.619. The topological polar surface area (TPSA) is 64.1 Å². The summed E-state index contributed by atoms with van der Waals surface area (Å²) >= 11 is 0. The van der Waals surface area contributed by atoms with Crippen LogP contribution in [-0.4, -0.2) is 22.6 Å². The van der Waals surface area contributed by atoms with E-state index in [4.69, 9.17) is 0 Å².